The third kappa shape index (κ3) is 3.36. The third-order valence-corrected chi connectivity index (χ3v) is 3.77. The molecule has 1 aromatic heterocycles. The second-order valence-corrected chi connectivity index (χ2v) is 6.12. The maximum Gasteiger partial charge on any atom is 0.175 e. The van der Waals surface area contributed by atoms with E-state index in [2.05, 4.69) is 0 Å². The number of hydrogen-bond acceptors (Lipinski definition) is 5. The van der Waals surface area contributed by atoms with Gasteiger partial charge in [-0.3, -0.25) is 0 Å². The Morgan fingerprint density at radius 1 is 1.32 bits per heavy atom. The fourth-order valence-electron chi connectivity index (χ4n) is 1.62. The molecule has 0 unspecified atom stereocenters. The van der Waals surface area contributed by atoms with Crippen LogP contribution in [0.2, 0.25) is 0 Å². The molecule has 5 nitrogen and oxygen atoms in total. The van der Waals surface area contributed by atoms with Gasteiger partial charge in [0.2, 0.25) is 0 Å². The van der Waals surface area contributed by atoms with Crippen LogP contribution in [-0.4, -0.2) is 14.7 Å². The first kappa shape index (κ1) is 13.6. The summed E-state index contributed by atoms with van der Waals surface area (Å²) in [4.78, 5) is 0.225. The molecule has 0 saturated carbocycles. The van der Waals surface area contributed by atoms with Gasteiger partial charge in [-0.2, -0.15) is 0 Å². The zero-order chi connectivity index (χ0) is 13.9. The van der Waals surface area contributed by atoms with Gasteiger partial charge in [0.25, 0.3) is 0 Å². The van der Waals surface area contributed by atoms with Crippen molar-refractivity contribution in [3.8, 4) is 5.75 Å². The highest BCUT2D eigenvalue weighted by atomic mass is 32.2. The maximum atomic E-state index is 11.4. The second kappa shape index (κ2) is 5.46. The van der Waals surface area contributed by atoms with Gasteiger partial charge in [0.15, 0.2) is 9.84 Å². The van der Waals surface area contributed by atoms with Gasteiger partial charge in [-0.1, -0.05) is 6.07 Å². The molecular weight excluding hydrogens is 266 g/mol. The average molecular weight is 281 g/mol. The van der Waals surface area contributed by atoms with E-state index in [-0.39, 0.29) is 11.5 Å². The Morgan fingerprint density at radius 2 is 2.11 bits per heavy atom. The van der Waals surface area contributed by atoms with E-state index in [1.54, 1.807) is 24.5 Å². The van der Waals surface area contributed by atoms with Crippen molar-refractivity contribution in [2.45, 2.75) is 18.0 Å². The topological polar surface area (TPSA) is 82.5 Å². The zero-order valence-electron chi connectivity index (χ0n) is 10.5. The fraction of sp³-hybridized carbons (Fsp3) is 0.231. The normalized spacial score (nSPS) is 11.5. The monoisotopic (exact) mass is 281 g/mol. The van der Waals surface area contributed by atoms with E-state index in [1.807, 2.05) is 0 Å². The summed E-state index contributed by atoms with van der Waals surface area (Å²) >= 11 is 0. The molecule has 0 aliphatic rings. The van der Waals surface area contributed by atoms with E-state index in [4.69, 9.17) is 14.9 Å². The van der Waals surface area contributed by atoms with Crippen LogP contribution in [0, 0.1) is 0 Å². The number of rotatable bonds is 5. The molecular formula is C13H15NO4S. The van der Waals surface area contributed by atoms with Crippen molar-refractivity contribution in [2.75, 3.05) is 6.26 Å². The van der Waals surface area contributed by atoms with Crippen LogP contribution in [-0.2, 0) is 23.0 Å². The molecule has 2 aromatic rings. The molecule has 0 fully saturated rings. The summed E-state index contributed by atoms with van der Waals surface area (Å²) in [6.45, 7) is 0.589. The lowest BCUT2D eigenvalue weighted by Crippen LogP contribution is -2.02. The standard InChI is InChI=1S/C13H15NO4S/c1-19(15,16)12-4-2-3-11(7-12)18-9-13-10(8-14)5-6-17-13/h2-7H,8-9,14H2,1H3. The lowest BCUT2D eigenvalue weighted by Gasteiger charge is -2.07. The van der Waals surface area contributed by atoms with Gasteiger partial charge < -0.3 is 14.9 Å². The molecule has 6 heteroatoms. The van der Waals surface area contributed by atoms with Crippen LogP contribution in [0.25, 0.3) is 0 Å². The lowest BCUT2D eigenvalue weighted by molar-refractivity contribution is 0.268. The summed E-state index contributed by atoms with van der Waals surface area (Å²) in [5, 5.41) is 0. The molecule has 2 N–H and O–H groups in total. The number of hydrogen-bond donors (Lipinski definition) is 1. The van der Waals surface area contributed by atoms with E-state index >= 15 is 0 Å². The molecule has 0 amide bonds. The van der Waals surface area contributed by atoms with Crippen LogP contribution in [0.1, 0.15) is 11.3 Å². The molecule has 0 aliphatic carbocycles. The Morgan fingerprint density at radius 3 is 2.79 bits per heavy atom. The number of benzene rings is 1. The first-order chi connectivity index (χ1) is 9.00. The summed E-state index contributed by atoms with van der Waals surface area (Å²) in [7, 11) is -3.23. The van der Waals surface area contributed by atoms with E-state index in [0.29, 0.717) is 18.1 Å². The Balaban J connectivity index is 2.12. The summed E-state index contributed by atoms with van der Waals surface area (Å²) < 4.78 is 33.6. The van der Waals surface area contributed by atoms with Crippen LogP contribution < -0.4 is 10.5 Å². The fourth-order valence-corrected chi connectivity index (χ4v) is 2.28. The Labute approximate surface area is 111 Å². The molecule has 0 aliphatic heterocycles. The first-order valence-electron chi connectivity index (χ1n) is 5.69. The highest BCUT2D eigenvalue weighted by molar-refractivity contribution is 7.90. The van der Waals surface area contributed by atoms with Crippen molar-refractivity contribution in [2.24, 2.45) is 5.73 Å². The van der Waals surface area contributed by atoms with E-state index in [0.717, 1.165) is 11.8 Å². The highest BCUT2D eigenvalue weighted by Gasteiger charge is 2.09. The van der Waals surface area contributed by atoms with E-state index in [9.17, 15) is 8.42 Å². The van der Waals surface area contributed by atoms with Crippen LogP contribution in [0.5, 0.6) is 5.75 Å². The van der Waals surface area contributed by atoms with Crippen LogP contribution in [0.3, 0.4) is 0 Å². The minimum Gasteiger partial charge on any atom is -0.486 e. The number of nitrogens with two attached hydrogens (primary N) is 1. The molecule has 0 saturated heterocycles. The van der Waals surface area contributed by atoms with Gasteiger partial charge in [0.05, 0.1) is 11.2 Å². The van der Waals surface area contributed by atoms with Gasteiger partial charge in [0.1, 0.15) is 18.1 Å². The molecule has 102 valence electrons. The van der Waals surface area contributed by atoms with Crippen molar-refractivity contribution in [3.05, 3.63) is 47.9 Å². The smallest absolute Gasteiger partial charge is 0.175 e. The molecule has 1 heterocycles. The van der Waals surface area contributed by atoms with Crippen LogP contribution in [0.15, 0.2) is 45.9 Å². The molecule has 0 spiro atoms. The van der Waals surface area contributed by atoms with E-state index in [1.165, 1.54) is 12.1 Å². The highest BCUT2D eigenvalue weighted by Crippen LogP contribution is 2.19. The molecule has 0 radical (unpaired) electrons. The van der Waals surface area contributed by atoms with Crippen molar-refractivity contribution in [1.82, 2.24) is 0 Å². The first-order valence-corrected chi connectivity index (χ1v) is 7.58. The summed E-state index contributed by atoms with van der Waals surface area (Å²) in [6.07, 6.45) is 2.71. The maximum absolute atomic E-state index is 11.4. The Kier molecular flexibility index (Phi) is 3.92. The molecule has 0 bridgehead atoms. The summed E-state index contributed by atoms with van der Waals surface area (Å²) in [6, 6.07) is 8.13. The summed E-state index contributed by atoms with van der Waals surface area (Å²) in [5.74, 6) is 1.12. The van der Waals surface area contributed by atoms with Crippen molar-refractivity contribution in [3.63, 3.8) is 0 Å². The lowest BCUT2D eigenvalue weighted by atomic mass is 10.2. The molecule has 0 atom stereocenters. The minimum absolute atomic E-state index is 0.215. The Bertz CT molecular complexity index is 661. The van der Waals surface area contributed by atoms with Gasteiger partial charge in [0, 0.05) is 18.4 Å². The van der Waals surface area contributed by atoms with Gasteiger partial charge in [-0.25, -0.2) is 8.42 Å². The third-order valence-electron chi connectivity index (χ3n) is 2.66. The van der Waals surface area contributed by atoms with Gasteiger partial charge >= 0.3 is 0 Å². The second-order valence-electron chi connectivity index (χ2n) is 4.11. The molecule has 19 heavy (non-hydrogen) atoms. The Hall–Kier alpha value is -1.79. The average Bonchev–Trinajstić information content (AvgIpc) is 2.83. The van der Waals surface area contributed by atoms with Crippen molar-refractivity contribution >= 4 is 9.84 Å². The number of ether oxygens (including phenoxy) is 1. The van der Waals surface area contributed by atoms with Gasteiger partial charge in [-0.05, 0) is 24.3 Å². The van der Waals surface area contributed by atoms with Crippen LogP contribution in [0.4, 0.5) is 0 Å². The predicted molar refractivity (Wildman–Crippen MR) is 70.5 cm³/mol. The van der Waals surface area contributed by atoms with Crippen molar-refractivity contribution < 1.29 is 17.6 Å². The van der Waals surface area contributed by atoms with Gasteiger partial charge in [-0.15, -0.1) is 0 Å². The predicted octanol–water partition coefficient (Wildman–Crippen LogP) is 1.72. The molecule has 2 rings (SSSR count). The number of furan rings is 1. The summed E-state index contributed by atoms with van der Waals surface area (Å²) in [5.41, 5.74) is 6.42. The minimum atomic E-state index is -3.23. The van der Waals surface area contributed by atoms with Crippen LogP contribution >= 0.6 is 0 Å². The van der Waals surface area contributed by atoms with E-state index < -0.39 is 9.84 Å². The quantitative estimate of drug-likeness (QED) is 0.902. The number of sulfone groups is 1. The zero-order valence-corrected chi connectivity index (χ0v) is 11.3. The largest absolute Gasteiger partial charge is 0.486 e. The molecule has 1 aromatic carbocycles. The SMILES string of the molecule is CS(=O)(=O)c1cccc(OCc2occc2CN)c1. The van der Waals surface area contributed by atoms with Crippen molar-refractivity contribution in [1.29, 1.82) is 0 Å².